The van der Waals surface area contributed by atoms with Crippen molar-refractivity contribution in [3.8, 4) is 0 Å². The van der Waals surface area contributed by atoms with E-state index in [9.17, 15) is 8.42 Å². The minimum atomic E-state index is -3.69. The molecule has 0 radical (unpaired) electrons. The summed E-state index contributed by atoms with van der Waals surface area (Å²) in [5, 5.41) is 3.72. The monoisotopic (exact) mass is 472 g/mol. The van der Waals surface area contributed by atoms with Gasteiger partial charge in [0.1, 0.15) is 0 Å². The molecule has 5 heteroatoms. The molecule has 2 N–H and O–H groups in total. The van der Waals surface area contributed by atoms with Crippen LogP contribution in [0, 0.1) is 19.8 Å². The van der Waals surface area contributed by atoms with Crippen LogP contribution in [0.2, 0.25) is 0 Å². The van der Waals surface area contributed by atoms with Crippen LogP contribution in [-0.2, 0) is 10.0 Å². The van der Waals surface area contributed by atoms with Gasteiger partial charge in [-0.1, -0.05) is 56.3 Å². The van der Waals surface area contributed by atoms with Gasteiger partial charge in [-0.15, -0.1) is 0 Å². The van der Waals surface area contributed by atoms with Crippen molar-refractivity contribution in [1.82, 2.24) is 0 Å². The largest absolute Gasteiger partial charge is 0.378 e. The molecule has 1 aliphatic carbocycles. The molecule has 0 saturated heterocycles. The first kappa shape index (κ1) is 22.7. The van der Waals surface area contributed by atoms with Gasteiger partial charge in [0.2, 0.25) is 0 Å². The average Bonchev–Trinajstić information content (AvgIpc) is 3.31. The molecule has 3 unspecified atom stereocenters. The fourth-order valence-corrected chi connectivity index (χ4v) is 6.26. The zero-order chi connectivity index (χ0) is 24.0. The van der Waals surface area contributed by atoms with Crippen LogP contribution >= 0.6 is 0 Å². The van der Waals surface area contributed by atoms with Crippen LogP contribution in [-0.4, -0.2) is 8.42 Å². The maximum Gasteiger partial charge on any atom is 0.261 e. The van der Waals surface area contributed by atoms with E-state index in [1.54, 1.807) is 6.07 Å². The molecular weight excluding hydrogens is 440 g/mol. The van der Waals surface area contributed by atoms with E-state index in [0.29, 0.717) is 22.4 Å². The molecule has 0 aromatic heterocycles. The predicted molar refractivity (Wildman–Crippen MR) is 140 cm³/mol. The standard InChI is InChI=1S/C29H32N2O2S/c1-18(2)21-9-11-22(12-10-21)29-26-7-5-6-25(26)27-17-24(14-15-28(27)30-29)34(32,33)31-23-13-8-19(3)20(4)16-23/h5-6,8-18,25-26,29-31H,7H2,1-4H3. The summed E-state index contributed by atoms with van der Waals surface area (Å²) in [6.45, 7) is 8.42. The Morgan fingerprint density at radius 1 is 0.941 bits per heavy atom. The third kappa shape index (κ3) is 4.14. The molecule has 1 aliphatic heterocycles. The molecule has 34 heavy (non-hydrogen) atoms. The average molecular weight is 473 g/mol. The zero-order valence-electron chi connectivity index (χ0n) is 20.2. The lowest BCUT2D eigenvalue weighted by atomic mass is 9.77. The number of benzene rings is 3. The molecule has 176 valence electrons. The third-order valence-corrected chi connectivity index (χ3v) is 8.74. The topological polar surface area (TPSA) is 58.2 Å². The fraction of sp³-hybridized carbons (Fsp3) is 0.310. The molecule has 5 rings (SSSR count). The molecular formula is C29H32N2O2S. The zero-order valence-corrected chi connectivity index (χ0v) is 21.0. The molecule has 2 aliphatic rings. The second kappa shape index (κ2) is 8.62. The first-order valence-corrected chi connectivity index (χ1v) is 13.5. The van der Waals surface area contributed by atoms with E-state index in [4.69, 9.17) is 0 Å². The van der Waals surface area contributed by atoms with Gasteiger partial charge in [0.15, 0.2) is 0 Å². The van der Waals surface area contributed by atoms with Crippen LogP contribution in [0.5, 0.6) is 0 Å². The Kier molecular flexibility index (Phi) is 5.76. The maximum absolute atomic E-state index is 13.2. The lowest BCUT2D eigenvalue weighted by molar-refractivity contribution is 0.425. The quantitative estimate of drug-likeness (QED) is 0.391. The molecule has 0 bridgehead atoms. The van der Waals surface area contributed by atoms with E-state index in [1.807, 2.05) is 44.2 Å². The van der Waals surface area contributed by atoms with Crippen LogP contribution in [0.1, 0.15) is 66.0 Å². The third-order valence-electron chi connectivity index (χ3n) is 7.37. The fourth-order valence-electron chi connectivity index (χ4n) is 5.18. The number of allylic oxidation sites excluding steroid dienone is 2. The smallest absolute Gasteiger partial charge is 0.261 e. The summed E-state index contributed by atoms with van der Waals surface area (Å²) in [5.74, 6) is 1.07. The van der Waals surface area contributed by atoms with E-state index >= 15 is 0 Å². The van der Waals surface area contributed by atoms with Crippen molar-refractivity contribution in [3.63, 3.8) is 0 Å². The molecule has 4 nitrogen and oxygen atoms in total. The van der Waals surface area contributed by atoms with Crippen LogP contribution in [0.25, 0.3) is 0 Å². The second-order valence-electron chi connectivity index (χ2n) is 9.95. The van der Waals surface area contributed by atoms with Crippen LogP contribution in [0.15, 0.2) is 77.7 Å². The summed E-state index contributed by atoms with van der Waals surface area (Å²) in [4.78, 5) is 0.296. The van der Waals surface area contributed by atoms with Gasteiger partial charge in [-0.2, -0.15) is 0 Å². The van der Waals surface area contributed by atoms with Gasteiger partial charge in [0.25, 0.3) is 10.0 Å². The normalized spacial score (nSPS) is 21.1. The van der Waals surface area contributed by atoms with Gasteiger partial charge in [-0.3, -0.25) is 4.72 Å². The summed E-state index contributed by atoms with van der Waals surface area (Å²) in [7, 11) is -3.69. The highest BCUT2D eigenvalue weighted by atomic mass is 32.2. The first-order chi connectivity index (χ1) is 16.2. The van der Waals surface area contributed by atoms with Crippen molar-refractivity contribution in [2.75, 3.05) is 10.0 Å². The van der Waals surface area contributed by atoms with E-state index in [0.717, 1.165) is 28.8 Å². The lowest BCUT2D eigenvalue weighted by Crippen LogP contribution is -2.29. The Labute approximate surface area is 203 Å². The SMILES string of the molecule is Cc1ccc(NS(=O)(=O)c2ccc3c(c2)C2C=CCC2C(c2ccc(C(C)C)cc2)N3)cc1C. The first-order valence-electron chi connectivity index (χ1n) is 12.0. The summed E-state index contributed by atoms with van der Waals surface area (Å²) in [6.07, 6.45) is 5.45. The van der Waals surface area contributed by atoms with Crippen molar-refractivity contribution in [2.45, 2.75) is 56.9 Å². The highest BCUT2D eigenvalue weighted by molar-refractivity contribution is 7.92. The summed E-state index contributed by atoms with van der Waals surface area (Å²) >= 11 is 0. The van der Waals surface area contributed by atoms with Crippen molar-refractivity contribution >= 4 is 21.4 Å². The Morgan fingerprint density at radius 2 is 1.71 bits per heavy atom. The number of sulfonamides is 1. The van der Waals surface area contributed by atoms with Gasteiger partial charge in [-0.05, 0) is 90.3 Å². The number of fused-ring (bicyclic) bond motifs is 3. The molecule has 3 atom stereocenters. The summed E-state index contributed by atoms with van der Waals surface area (Å²) in [6, 6.07) is 20.2. The molecule has 0 amide bonds. The second-order valence-corrected chi connectivity index (χ2v) is 11.6. The molecule has 0 spiro atoms. The Balaban J connectivity index is 1.45. The number of aryl methyl sites for hydroxylation is 2. The van der Waals surface area contributed by atoms with Crippen molar-refractivity contribution in [3.05, 3.63) is 101 Å². The van der Waals surface area contributed by atoms with Gasteiger partial charge < -0.3 is 5.32 Å². The van der Waals surface area contributed by atoms with Gasteiger partial charge in [-0.25, -0.2) is 8.42 Å². The molecule has 0 saturated carbocycles. The van der Waals surface area contributed by atoms with Crippen molar-refractivity contribution in [2.24, 2.45) is 5.92 Å². The van der Waals surface area contributed by atoms with Crippen LogP contribution in [0.3, 0.4) is 0 Å². The lowest BCUT2D eigenvalue weighted by Gasteiger charge is -2.37. The van der Waals surface area contributed by atoms with E-state index in [-0.39, 0.29) is 12.0 Å². The number of nitrogens with one attached hydrogen (secondary N) is 2. The number of rotatable bonds is 5. The minimum Gasteiger partial charge on any atom is -0.378 e. The van der Waals surface area contributed by atoms with Crippen molar-refractivity contribution in [1.29, 1.82) is 0 Å². The van der Waals surface area contributed by atoms with E-state index in [1.165, 1.54) is 11.1 Å². The summed E-state index contributed by atoms with van der Waals surface area (Å²) < 4.78 is 29.1. The number of hydrogen-bond donors (Lipinski definition) is 2. The Morgan fingerprint density at radius 3 is 2.41 bits per heavy atom. The van der Waals surface area contributed by atoms with Gasteiger partial charge in [0.05, 0.1) is 10.9 Å². The highest BCUT2D eigenvalue weighted by Crippen LogP contribution is 2.50. The van der Waals surface area contributed by atoms with Crippen molar-refractivity contribution < 1.29 is 8.42 Å². The van der Waals surface area contributed by atoms with Crippen LogP contribution < -0.4 is 10.0 Å². The minimum absolute atomic E-state index is 0.197. The Bertz CT molecular complexity index is 1360. The molecule has 3 aromatic carbocycles. The molecule has 3 aromatic rings. The molecule has 0 fully saturated rings. The number of anilines is 2. The summed E-state index contributed by atoms with van der Waals surface area (Å²) in [5.41, 5.74) is 7.46. The highest BCUT2D eigenvalue weighted by Gasteiger charge is 2.38. The number of hydrogen-bond acceptors (Lipinski definition) is 3. The molecule has 1 heterocycles. The maximum atomic E-state index is 13.2. The predicted octanol–water partition coefficient (Wildman–Crippen LogP) is 7.05. The Hall–Kier alpha value is -3.05. The van der Waals surface area contributed by atoms with E-state index < -0.39 is 10.0 Å². The van der Waals surface area contributed by atoms with E-state index in [2.05, 4.69) is 60.3 Å². The van der Waals surface area contributed by atoms with Crippen LogP contribution in [0.4, 0.5) is 11.4 Å². The van der Waals surface area contributed by atoms with Gasteiger partial charge in [0, 0.05) is 17.3 Å². The van der Waals surface area contributed by atoms with Gasteiger partial charge >= 0.3 is 0 Å².